The summed E-state index contributed by atoms with van der Waals surface area (Å²) >= 11 is 2.78. The van der Waals surface area contributed by atoms with Gasteiger partial charge in [-0.15, -0.1) is 11.3 Å². The van der Waals surface area contributed by atoms with E-state index in [1.165, 1.54) is 11.3 Å². The van der Waals surface area contributed by atoms with E-state index in [9.17, 15) is 9.59 Å². The molecule has 0 bridgehead atoms. The zero-order valence-electron chi connectivity index (χ0n) is 20.1. The number of nitrogens with one attached hydrogen (secondary N) is 1. The van der Waals surface area contributed by atoms with Gasteiger partial charge in [0.1, 0.15) is 5.00 Å². The number of nitrogens with two attached hydrogens (primary N) is 1. The average Bonchev–Trinajstić information content (AvgIpc) is 3.52. The number of piperazine rings is 1. The molecule has 1 aromatic carbocycles. The molecule has 0 saturated carbocycles. The number of primary amides is 1. The topological polar surface area (TPSA) is 108 Å². The minimum absolute atomic E-state index is 0.0468. The van der Waals surface area contributed by atoms with Gasteiger partial charge in [-0.1, -0.05) is 17.4 Å². The third-order valence-electron chi connectivity index (χ3n) is 6.23. The summed E-state index contributed by atoms with van der Waals surface area (Å²) in [5.74, 6) is -0.974. The molecule has 36 heavy (non-hydrogen) atoms. The first kappa shape index (κ1) is 24.3. The minimum Gasteiger partial charge on any atom is -0.364 e. The van der Waals surface area contributed by atoms with Crippen molar-refractivity contribution in [1.29, 1.82) is 0 Å². The number of benzene rings is 1. The van der Waals surface area contributed by atoms with E-state index in [1.54, 1.807) is 17.5 Å². The molecule has 1 fully saturated rings. The fourth-order valence-corrected chi connectivity index (χ4v) is 5.92. The van der Waals surface area contributed by atoms with Crippen molar-refractivity contribution < 1.29 is 9.59 Å². The van der Waals surface area contributed by atoms with Gasteiger partial charge in [-0.3, -0.25) is 19.5 Å². The van der Waals surface area contributed by atoms with Crippen LogP contribution in [-0.2, 0) is 6.54 Å². The number of carbonyl (C=O) groups excluding carboxylic acids is 2. The van der Waals surface area contributed by atoms with Gasteiger partial charge in [0.05, 0.1) is 11.1 Å². The van der Waals surface area contributed by atoms with E-state index in [2.05, 4.69) is 32.1 Å². The standard InChI is InChI=1S/C25H27N7O2S2/c1-30-8-10-32(11-9-30)14-19-13-17(15-35-19)23(34)29-24-21(22(26)33)28-25(36-24)31(2)18-5-6-20-16(12-18)4-3-7-27-20/h3-7,12-13,15H,8-11,14H2,1-2H3,(H2,26,33)(H,29,34). The molecule has 2 amide bonds. The van der Waals surface area contributed by atoms with Crippen molar-refractivity contribution in [2.24, 2.45) is 5.73 Å². The smallest absolute Gasteiger partial charge is 0.270 e. The number of anilines is 3. The zero-order valence-corrected chi connectivity index (χ0v) is 21.7. The number of hydrogen-bond donors (Lipinski definition) is 2. The summed E-state index contributed by atoms with van der Waals surface area (Å²) < 4.78 is 0. The molecule has 4 aromatic rings. The van der Waals surface area contributed by atoms with Crippen LogP contribution in [-0.4, -0.2) is 71.9 Å². The highest BCUT2D eigenvalue weighted by atomic mass is 32.1. The van der Waals surface area contributed by atoms with Crippen molar-refractivity contribution in [3.63, 3.8) is 0 Å². The lowest BCUT2D eigenvalue weighted by Crippen LogP contribution is -2.43. The van der Waals surface area contributed by atoms with Crippen LogP contribution < -0.4 is 16.0 Å². The van der Waals surface area contributed by atoms with Crippen LogP contribution in [0.4, 0.5) is 15.8 Å². The molecule has 11 heteroatoms. The van der Waals surface area contributed by atoms with Gasteiger partial charge >= 0.3 is 0 Å². The predicted octanol–water partition coefficient (Wildman–Crippen LogP) is 3.62. The lowest BCUT2D eigenvalue weighted by Gasteiger charge is -2.31. The number of nitrogens with zero attached hydrogens (tertiary/aromatic N) is 5. The number of likely N-dealkylation sites (N-methyl/N-ethyl adjacent to an activating group) is 1. The highest BCUT2D eigenvalue weighted by Gasteiger charge is 2.22. The zero-order chi connectivity index (χ0) is 25.2. The van der Waals surface area contributed by atoms with Gasteiger partial charge in [-0.2, -0.15) is 0 Å². The first-order chi connectivity index (χ1) is 17.4. The molecule has 4 heterocycles. The normalized spacial score (nSPS) is 14.7. The van der Waals surface area contributed by atoms with Crippen molar-refractivity contribution in [3.8, 4) is 0 Å². The van der Waals surface area contributed by atoms with Crippen LogP contribution in [0.25, 0.3) is 10.9 Å². The highest BCUT2D eigenvalue weighted by Crippen LogP contribution is 2.35. The number of rotatable bonds is 7. The highest BCUT2D eigenvalue weighted by molar-refractivity contribution is 7.20. The fourth-order valence-electron chi connectivity index (χ4n) is 4.07. The Kier molecular flexibility index (Phi) is 6.97. The van der Waals surface area contributed by atoms with E-state index >= 15 is 0 Å². The van der Waals surface area contributed by atoms with Crippen LogP contribution in [0.5, 0.6) is 0 Å². The van der Waals surface area contributed by atoms with Crippen LogP contribution in [0.3, 0.4) is 0 Å². The predicted molar refractivity (Wildman–Crippen MR) is 145 cm³/mol. The Bertz CT molecular complexity index is 1410. The summed E-state index contributed by atoms with van der Waals surface area (Å²) in [6, 6.07) is 11.7. The minimum atomic E-state index is -0.690. The molecule has 1 aliphatic heterocycles. The second kappa shape index (κ2) is 10.3. The Morgan fingerprint density at radius 1 is 1.17 bits per heavy atom. The number of fused-ring (bicyclic) bond motifs is 1. The quantitative estimate of drug-likeness (QED) is 0.382. The van der Waals surface area contributed by atoms with Gasteiger partial charge in [-0.05, 0) is 37.4 Å². The SMILES string of the molecule is CN1CCN(Cc2cc(C(=O)Nc3sc(N(C)c4ccc5ncccc5c4)nc3C(N)=O)cs2)CC1. The number of thiazole rings is 1. The Hall–Kier alpha value is -3.38. The lowest BCUT2D eigenvalue weighted by atomic mass is 10.2. The molecule has 186 valence electrons. The van der Waals surface area contributed by atoms with Gasteiger partial charge in [0.15, 0.2) is 10.8 Å². The maximum absolute atomic E-state index is 13.0. The maximum Gasteiger partial charge on any atom is 0.270 e. The van der Waals surface area contributed by atoms with Gasteiger partial charge in [-0.25, -0.2) is 4.98 Å². The average molecular weight is 522 g/mol. The molecule has 1 saturated heterocycles. The first-order valence-corrected chi connectivity index (χ1v) is 13.3. The van der Waals surface area contributed by atoms with Crippen molar-refractivity contribution in [2.45, 2.75) is 6.54 Å². The summed E-state index contributed by atoms with van der Waals surface area (Å²) in [6.45, 7) is 4.96. The molecule has 0 aliphatic carbocycles. The largest absolute Gasteiger partial charge is 0.364 e. The van der Waals surface area contributed by atoms with Gasteiger partial charge in [0.2, 0.25) is 0 Å². The van der Waals surface area contributed by atoms with E-state index in [0.717, 1.165) is 54.2 Å². The van der Waals surface area contributed by atoms with E-state index in [-0.39, 0.29) is 11.6 Å². The molecule has 1 aliphatic rings. The molecular weight excluding hydrogens is 494 g/mol. The molecule has 0 atom stereocenters. The van der Waals surface area contributed by atoms with Gasteiger partial charge in [0.25, 0.3) is 11.8 Å². The summed E-state index contributed by atoms with van der Waals surface area (Å²) in [4.78, 5) is 41.6. The maximum atomic E-state index is 13.0. The van der Waals surface area contributed by atoms with Crippen LogP contribution in [0.2, 0.25) is 0 Å². The Balaban J connectivity index is 1.32. The second-order valence-corrected chi connectivity index (χ2v) is 10.8. The fraction of sp³-hybridized carbons (Fsp3) is 0.280. The second-order valence-electron chi connectivity index (χ2n) is 8.81. The van der Waals surface area contributed by atoms with E-state index in [0.29, 0.717) is 15.7 Å². The number of aromatic nitrogens is 2. The molecule has 5 rings (SSSR count). The summed E-state index contributed by atoms with van der Waals surface area (Å²) in [5, 5.41) is 6.58. The lowest BCUT2D eigenvalue weighted by molar-refractivity contribution is 0.0997. The van der Waals surface area contributed by atoms with E-state index < -0.39 is 5.91 Å². The number of carbonyl (C=O) groups is 2. The summed E-state index contributed by atoms with van der Waals surface area (Å²) in [6.07, 6.45) is 1.75. The van der Waals surface area contributed by atoms with Gasteiger partial charge in [0, 0.05) is 67.3 Å². The number of hydrogen-bond acceptors (Lipinski definition) is 9. The van der Waals surface area contributed by atoms with Crippen molar-refractivity contribution in [2.75, 3.05) is 50.5 Å². The molecule has 3 aromatic heterocycles. The number of pyridine rings is 1. The van der Waals surface area contributed by atoms with E-state index in [4.69, 9.17) is 5.73 Å². The van der Waals surface area contributed by atoms with Crippen LogP contribution in [0.15, 0.2) is 48.0 Å². The van der Waals surface area contributed by atoms with Crippen molar-refractivity contribution in [3.05, 3.63) is 64.1 Å². The van der Waals surface area contributed by atoms with Crippen molar-refractivity contribution in [1.82, 2.24) is 19.8 Å². The monoisotopic (exact) mass is 521 g/mol. The molecule has 3 N–H and O–H groups in total. The molecular formula is C25H27N7O2S2. The van der Waals surface area contributed by atoms with Crippen LogP contribution in [0.1, 0.15) is 25.7 Å². The molecule has 0 radical (unpaired) electrons. The summed E-state index contributed by atoms with van der Waals surface area (Å²) in [7, 11) is 3.99. The molecule has 0 unspecified atom stereocenters. The number of thiophene rings is 1. The molecule has 9 nitrogen and oxygen atoms in total. The first-order valence-electron chi connectivity index (χ1n) is 11.6. The van der Waals surface area contributed by atoms with Crippen LogP contribution >= 0.6 is 22.7 Å². The number of amides is 2. The molecule has 0 spiro atoms. The van der Waals surface area contributed by atoms with Crippen molar-refractivity contribution >= 4 is 61.2 Å². The van der Waals surface area contributed by atoms with Gasteiger partial charge < -0.3 is 20.9 Å². The Labute approximate surface area is 217 Å². The summed E-state index contributed by atoms with van der Waals surface area (Å²) in [5.41, 5.74) is 7.97. The third-order valence-corrected chi connectivity index (χ3v) is 8.20. The Morgan fingerprint density at radius 2 is 1.97 bits per heavy atom. The third kappa shape index (κ3) is 5.24. The Morgan fingerprint density at radius 3 is 2.75 bits per heavy atom. The van der Waals surface area contributed by atoms with Crippen LogP contribution in [0, 0.1) is 0 Å². The van der Waals surface area contributed by atoms with E-state index in [1.807, 2.05) is 53.7 Å².